The molecule has 0 aliphatic carbocycles. The van der Waals surface area contributed by atoms with Crippen molar-refractivity contribution in [1.82, 2.24) is 0 Å². The summed E-state index contributed by atoms with van der Waals surface area (Å²) in [7, 11) is 0. The minimum Gasteiger partial charge on any atom is -0.370 e. The van der Waals surface area contributed by atoms with E-state index in [1.807, 2.05) is 17.8 Å². The van der Waals surface area contributed by atoms with Crippen LogP contribution in [0.1, 0.15) is 39.5 Å². The first-order valence-corrected chi connectivity index (χ1v) is 7.79. The van der Waals surface area contributed by atoms with Crippen molar-refractivity contribution < 1.29 is 4.92 Å². The van der Waals surface area contributed by atoms with Gasteiger partial charge >= 0.3 is 0 Å². The normalized spacial score (nSPS) is 12.1. The number of rotatable bonds is 9. The third kappa shape index (κ3) is 5.96. The smallest absolute Gasteiger partial charge is 0.292 e. The third-order valence-electron chi connectivity index (χ3n) is 2.95. The van der Waals surface area contributed by atoms with E-state index in [1.54, 1.807) is 12.1 Å². The van der Waals surface area contributed by atoms with Gasteiger partial charge in [-0.25, -0.2) is 0 Å². The molecule has 0 heterocycles. The highest BCUT2D eigenvalue weighted by Crippen LogP contribution is 2.25. The van der Waals surface area contributed by atoms with E-state index < -0.39 is 0 Å². The lowest BCUT2D eigenvalue weighted by molar-refractivity contribution is -0.383. The first-order valence-electron chi connectivity index (χ1n) is 6.74. The monoisotopic (exact) mass is 282 g/mol. The SMILES string of the molecule is CCCCC[C@@H](C)SCNc1ccccc1[N+](=O)[O-]. The molecule has 0 radical (unpaired) electrons. The summed E-state index contributed by atoms with van der Waals surface area (Å²) in [5.41, 5.74) is 0.738. The van der Waals surface area contributed by atoms with E-state index in [0.29, 0.717) is 16.8 Å². The Hall–Kier alpha value is -1.23. The number of nitro groups is 1. The van der Waals surface area contributed by atoms with Gasteiger partial charge in [-0.05, 0) is 12.5 Å². The minimum atomic E-state index is -0.350. The zero-order valence-electron chi connectivity index (χ0n) is 11.6. The van der Waals surface area contributed by atoms with Gasteiger partial charge in [-0.15, -0.1) is 11.8 Å². The number of nitrogens with zero attached hydrogens (tertiary/aromatic N) is 1. The molecular formula is C14H22N2O2S. The summed E-state index contributed by atoms with van der Waals surface area (Å²) in [6.07, 6.45) is 4.99. The second-order valence-electron chi connectivity index (χ2n) is 4.57. The predicted octanol–water partition coefficient (Wildman–Crippen LogP) is 4.67. The van der Waals surface area contributed by atoms with Crippen LogP contribution in [-0.4, -0.2) is 16.1 Å². The van der Waals surface area contributed by atoms with Gasteiger partial charge in [0.2, 0.25) is 0 Å². The van der Waals surface area contributed by atoms with Gasteiger partial charge in [0, 0.05) is 11.3 Å². The van der Waals surface area contributed by atoms with Crippen LogP contribution in [0.5, 0.6) is 0 Å². The minimum absolute atomic E-state index is 0.140. The highest BCUT2D eigenvalue weighted by molar-refractivity contribution is 7.99. The zero-order valence-corrected chi connectivity index (χ0v) is 12.4. The van der Waals surface area contributed by atoms with E-state index in [0.717, 1.165) is 0 Å². The van der Waals surface area contributed by atoms with Gasteiger partial charge in [-0.2, -0.15) is 0 Å². The Balaban J connectivity index is 2.35. The van der Waals surface area contributed by atoms with Crippen LogP contribution >= 0.6 is 11.8 Å². The van der Waals surface area contributed by atoms with Crippen LogP contribution in [0.15, 0.2) is 24.3 Å². The summed E-state index contributed by atoms with van der Waals surface area (Å²) >= 11 is 1.81. The van der Waals surface area contributed by atoms with E-state index in [1.165, 1.54) is 31.7 Å². The van der Waals surface area contributed by atoms with Crippen molar-refractivity contribution in [3.8, 4) is 0 Å². The summed E-state index contributed by atoms with van der Waals surface area (Å²) in [4.78, 5) is 10.5. The summed E-state index contributed by atoms with van der Waals surface area (Å²) in [6.45, 7) is 4.41. The number of anilines is 1. The predicted molar refractivity (Wildman–Crippen MR) is 82.8 cm³/mol. The molecule has 106 valence electrons. The van der Waals surface area contributed by atoms with Crippen molar-refractivity contribution in [3.05, 3.63) is 34.4 Å². The van der Waals surface area contributed by atoms with Crippen molar-refractivity contribution in [2.75, 3.05) is 11.2 Å². The van der Waals surface area contributed by atoms with E-state index in [4.69, 9.17) is 0 Å². The molecule has 19 heavy (non-hydrogen) atoms. The summed E-state index contributed by atoms with van der Waals surface area (Å²) < 4.78 is 0. The number of hydrogen-bond donors (Lipinski definition) is 1. The average molecular weight is 282 g/mol. The number of thioether (sulfide) groups is 1. The Bertz CT molecular complexity index is 399. The van der Waals surface area contributed by atoms with Gasteiger partial charge in [0.1, 0.15) is 5.69 Å². The first-order chi connectivity index (χ1) is 9.15. The van der Waals surface area contributed by atoms with Crippen molar-refractivity contribution in [2.45, 2.75) is 44.8 Å². The van der Waals surface area contributed by atoms with Crippen LogP contribution in [0.2, 0.25) is 0 Å². The maximum absolute atomic E-state index is 10.9. The van der Waals surface area contributed by atoms with Crippen LogP contribution in [-0.2, 0) is 0 Å². The number of unbranched alkanes of at least 4 members (excludes halogenated alkanes) is 2. The van der Waals surface area contributed by atoms with Crippen LogP contribution in [0.4, 0.5) is 11.4 Å². The summed E-state index contributed by atoms with van der Waals surface area (Å²) in [6, 6.07) is 6.77. The van der Waals surface area contributed by atoms with Crippen LogP contribution in [0.25, 0.3) is 0 Å². The summed E-state index contributed by atoms with van der Waals surface area (Å²) in [5.74, 6) is 0.706. The molecule has 4 nitrogen and oxygen atoms in total. The molecule has 1 rings (SSSR count). The number of nitro benzene ring substituents is 1. The largest absolute Gasteiger partial charge is 0.370 e. The molecule has 0 saturated heterocycles. The van der Waals surface area contributed by atoms with Crippen LogP contribution in [0.3, 0.4) is 0 Å². The number of benzene rings is 1. The van der Waals surface area contributed by atoms with Crippen molar-refractivity contribution in [2.24, 2.45) is 0 Å². The van der Waals surface area contributed by atoms with E-state index >= 15 is 0 Å². The molecule has 0 fully saturated rings. The van der Waals surface area contributed by atoms with Gasteiger partial charge < -0.3 is 5.32 Å². The Kier molecular flexibility index (Phi) is 7.33. The van der Waals surface area contributed by atoms with Gasteiger partial charge in [0.25, 0.3) is 5.69 Å². The second kappa shape index (κ2) is 8.80. The lowest BCUT2D eigenvalue weighted by Gasteiger charge is -2.12. The maximum Gasteiger partial charge on any atom is 0.292 e. The molecule has 0 aromatic heterocycles. The Morgan fingerprint density at radius 1 is 1.37 bits per heavy atom. The molecule has 0 unspecified atom stereocenters. The highest BCUT2D eigenvalue weighted by Gasteiger charge is 2.11. The maximum atomic E-state index is 10.9. The highest BCUT2D eigenvalue weighted by atomic mass is 32.2. The fourth-order valence-corrected chi connectivity index (χ4v) is 2.67. The van der Waals surface area contributed by atoms with E-state index in [9.17, 15) is 10.1 Å². The molecule has 1 atom stereocenters. The Morgan fingerprint density at radius 3 is 2.79 bits per heavy atom. The van der Waals surface area contributed by atoms with Gasteiger partial charge in [0.05, 0.1) is 10.8 Å². The number of hydrogen-bond acceptors (Lipinski definition) is 4. The second-order valence-corrected chi connectivity index (χ2v) is 6.00. The standard InChI is InChI=1S/C14H22N2O2S/c1-3-4-5-8-12(2)19-11-15-13-9-6-7-10-14(13)16(17)18/h6-7,9-10,12,15H,3-5,8,11H2,1-2H3/t12-/m1/s1. The van der Waals surface area contributed by atoms with Crippen LogP contribution in [0, 0.1) is 10.1 Å². The van der Waals surface area contributed by atoms with E-state index in [2.05, 4.69) is 19.2 Å². The number of nitrogens with one attached hydrogen (secondary N) is 1. The van der Waals surface area contributed by atoms with Gasteiger partial charge in [-0.3, -0.25) is 10.1 Å². The molecule has 0 amide bonds. The molecule has 5 heteroatoms. The Morgan fingerprint density at radius 2 is 2.11 bits per heavy atom. The zero-order chi connectivity index (χ0) is 14.1. The molecule has 0 saturated carbocycles. The molecule has 0 aliphatic heterocycles. The molecular weight excluding hydrogens is 260 g/mol. The number of para-hydroxylation sites is 2. The summed E-state index contributed by atoms with van der Waals surface area (Å²) in [5, 5.41) is 14.6. The van der Waals surface area contributed by atoms with Gasteiger partial charge in [0.15, 0.2) is 0 Å². The van der Waals surface area contributed by atoms with Crippen molar-refractivity contribution in [1.29, 1.82) is 0 Å². The molecule has 0 aliphatic rings. The van der Waals surface area contributed by atoms with Crippen LogP contribution < -0.4 is 5.32 Å². The van der Waals surface area contributed by atoms with E-state index in [-0.39, 0.29) is 10.6 Å². The topological polar surface area (TPSA) is 55.2 Å². The molecule has 0 spiro atoms. The van der Waals surface area contributed by atoms with Crippen molar-refractivity contribution in [3.63, 3.8) is 0 Å². The lowest BCUT2D eigenvalue weighted by Crippen LogP contribution is -2.05. The van der Waals surface area contributed by atoms with Crippen molar-refractivity contribution >= 4 is 23.1 Å². The molecule has 0 bridgehead atoms. The third-order valence-corrected chi connectivity index (χ3v) is 4.06. The average Bonchev–Trinajstić information content (AvgIpc) is 2.39. The molecule has 1 aromatic rings. The fourth-order valence-electron chi connectivity index (χ4n) is 1.81. The molecule has 1 aromatic carbocycles. The first kappa shape index (κ1) is 15.8. The Labute approximate surface area is 119 Å². The lowest BCUT2D eigenvalue weighted by atomic mass is 10.2. The quantitative estimate of drug-likeness (QED) is 0.309. The fraction of sp³-hybridized carbons (Fsp3) is 0.571. The molecule has 1 N–H and O–H groups in total. The van der Waals surface area contributed by atoms with Gasteiger partial charge in [-0.1, -0.05) is 45.2 Å².